The van der Waals surface area contributed by atoms with Crippen molar-refractivity contribution in [2.75, 3.05) is 0 Å². The van der Waals surface area contributed by atoms with Crippen molar-refractivity contribution in [1.82, 2.24) is 15.4 Å². The van der Waals surface area contributed by atoms with Crippen LogP contribution >= 0.6 is 0 Å². The number of nitrogens with zero attached hydrogens (tertiary/aromatic N) is 4. The van der Waals surface area contributed by atoms with Crippen LogP contribution in [-0.2, 0) is 0 Å². The number of hydrazone groups is 1. The van der Waals surface area contributed by atoms with Crippen molar-refractivity contribution in [1.29, 1.82) is 0 Å². The fraction of sp³-hybridized carbons (Fsp3) is 0. The standard InChI is InChI=1S/C28H19N5O3/c34-28(32-29-18-19-8-7-13-23(16-19)33(35)36)22-14-15-24-25(17-22)31-27(21-11-5-2-6-12-21)26(30-24)20-9-3-1-4-10-20/h1-18H,(H,32,34). The van der Waals surface area contributed by atoms with Crippen molar-refractivity contribution in [2.45, 2.75) is 0 Å². The highest BCUT2D eigenvalue weighted by Gasteiger charge is 2.14. The van der Waals surface area contributed by atoms with Crippen molar-refractivity contribution in [3.05, 3.63) is 124 Å². The van der Waals surface area contributed by atoms with Crippen molar-refractivity contribution in [3.63, 3.8) is 0 Å². The number of hydrogen-bond acceptors (Lipinski definition) is 6. The molecule has 0 saturated heterocycles. The van der Waals surface area contributed by atoms with Crippen LogP contribution in [0.2, 0.25) is 0 Å². The highest BCUT2D eigenvalue weighted by Crippen LogP contribution is 2.31. The lowest BCUT2D eigenvalue weighted by Crippen LogP contribution is -2.17. The van der Waals surface area contributed by atoms with E-state index in [9.17, 15) is 14.9 Å². The van der Waals surface area contributed by atoms with Crippen LogP contribution in [0.25, 0.3) is 33.5 Å². The SMILES string of the molecule is O=C(NN=Cc1cccc([N+](=O)[O-])c1)c1ccc2nc(-c3ccccc3)c(-c3ccccc3)nc2c1. The Balaban J connectivity index is 1.46. The van der Waals surface area contributed by atoms with Gasteiger partial charge < -0.3 is 0 Å². The molecular weight excluding hydrogens is 454 g/mol. The number of hydrogen-bond donors (Lipinski definition) is 1. The quantitative estimate of drug-likeness (QED) is 0.195. The van der Waals surface area contributed by atoms with Gasteiger partial charge in [0.2, 0.25) is 0 Å². The zero-order valence-electron chi connectivity index (χ0n) is 18.9. The minimum atomic E-state index is -0.487. The molecule has 0 aliphatic rings. The van der Waals surface area contributed by atoms with E-state index in [0.29, 0.717) is 22.2 Å². The molecule has 1 amide bonds. The van der Waals surface area contributed by atoms with Crippen LogP contribution in [0.5, 0.6) is 0 Å². The summed E-state index contributed by atoms with van der Waals surface area (Å²) >= 11 is 0. The molecule has 174 valence electrons. The number of rotatable bonds is 6. The highest BCUT2D eigenvalue weighted by atomic mass is 16.6. The molecule has 1 heterocycles. The fourth-order valence-electron chi connectivity index (χ4n) is 3.74. The highest BCUT2D eigenvalue weighted by molar-refractivity contribution is 5.98. The number of non-ortho nitro benzene ring substituents is 1. The number of benzene rings is 4. The molecule has 0 bridgehead atoms. The van der Waals surface area contributed by atoms with Gasteiger partial charge in [0.1, 0.15) is 0 Å². The minimum Gasteiger partial charge on any atom is -0.267 e. The van der Waals surface area contributed by atoms with Gasteiger partial charge in [-0.1, -0.05) is 72.8 Å². The van der Waals surface area contributed by atoms with Crippen LogP contribution in [-0.4, -0.2) is 27.0 Å². The van der Waals surface area contributed by atoms with E-state index in [4.69, 9.17) is 9.97 Å². The number of carbonyl (C=O) groups is 1. The fourth-order valence-corrected chi connectivity index (χ4v) is 3.74. The lowest BCUT2D eigenvalue weighted by Gasteiger charge is -2.11. The van der Waals surface area contributed by atoms with E-state index in [0.717, 1.165) is 22.5 Å². The lowest BCUT2D eigenvalue weighted by molar-refractivity contribution is -0.384. The third kappa shape index (κ3) is 4.83. The van der Waals surface area contributed by atoms with Crippen molar-refractivity contribution in [3.8, 4) is 22.5 Å². The topological polar surface area (TPSA) is 110 Å². The number of nitro benzene ring substituents is 1. The molecule has 5 rings (SSSR count). The molecule has 8 nitrogen and oxygen atoms in total. The Morgan fingerprint density at radius 1 is 0.778 bits per heavy atom. The summed E-state index contributed by atoms with van der Waals surface area (Å²) in [5.74, 6) is -0.436. The van der Waals surface area contributed by atoms with Gasteiger partial charge in [-0.3, -0.25) is 14.9 Å². The average molecular weight is 473 g/mol. The number of nitro groups is 1. The lowest BCUT2D eigenvalue weighted by atomic mass is 10.0. The molecule has 8 heteroatoms. The second-order valence-electron chi connectivity index (χ2n) is 7.91. The largest absolute Gasteiger partial charge is 0.271 e. The van der Waals surface area contributed by atoms with Gasteiger partial charge in [-0.2, -0.15) is 5.10 Å². The first-order valence-corrected chi connectivity index (χ1v) is 11.1. The van der Waals surface area contributed by atoms with Crippen LogP contribution in [0.1, 0.15) is 15.9 Å². The molecule has 5 aromatic rings. The van der Waals surface area contributed by atoms with Crippen LogP contribution in [0, 0.1) is 10.1 Å². The molecule has 0 atom stereocenters. The molecule has 0 unspecified atom stereocenters. The molecule has 4 aromatic carbocycles. The second-order valence-corrected chi connectivity index (χ2v) is 7.91. The van der Waals surface area contributed by atoms with Gasteiger partial charge in [0.25, 0.3) is 11.6 Å². The Morgan fingerprint density at radius 2 is 1.42 bits per heavy atom. The van der Waals surface area contributed by atoms with Crippen LogP contribution < -0.4 is 5.43 Å². The van der Waals surface area contributed by atoms with Gasteiger partial charge in [0.05, 0.1) is 33.6 Å². The number of aromatic nitrogens is 2. The van der Waals surface area contributed by atoms with Gasteiger partial charge in [-0.05, 0) is 18.2 Å². The summed E-state index contributed by atoms with van der Waals surface area (Å²) in [5, 5.41) is 14.9. The summed E-state index contributed by atoms with van der Waals surface area (Å²) in [6.45, 7) is 0. The summed E-state index contributed by atoms with van der Waals surface area (Å²) in [7, 11) is 0. The molecule has 0 saturated carbocycles. The Bertz CT molecular complexity index is 1600. The number of carbonyl (C=O) groups excluding carboxylic acids is 1. The predicted octanol–water partition coefficient (Wildman–Crippen LogP) is 5.64. The molecule has 0 fully saturated rings. The summed E-state index contributed by atoms with van der Waals surface area (Å²) in [6, 6.07) is 30.7. The predicted molar refractivity (Wildman–Crippen MR) is 139 cm³/mol. The summed E-state index contributed by atoms with van der Waals surface area (Å²) in [5.41, 5.74) is 7.83. The van der Waals surface area contributed by atoms with Crippen molar-refractivity contribution >= 4 is 28.8 Å². The first kappa shape index (κ1) is 22.5. The third-order valence-electron chi connectivity index (χ3n) is 5.48. The normalized spacial score (nSPS) is 11.0. The first-order valence-electron chi connectivity index (χ1n) is 11.1. The van der Waals surface area contributed by atoms with E-state index < -0.39 is 10.8 Å². The van der Waals surface area contributed by atoms with Gasteiger partial charge in [-0.15, -0.1) is 0 Å². The number of fused-ring (bicyclic) bond motifs is 1. The zero-order valence-corrected chi connectivity index (χ0v) is 18.9. The van der Waals surface area contributed by atoms with E-state index in [2.05, 4.69) is 10.5 Å². The molecule has 36 heavy (non-hydrogen) atoms. The zero-order chi connectivity index (χ0) is 24.9. The number of amides is 1. The summed E-state index contributed by atoms with van der Waals surface area (Å²) < 4.78 is 0. The molecule has 1 aromatic heterocycles. The van der Waals surface area contributed by atoms with Crippen LogP contribution in [0.3, 0.4) is 0 Å². The van der Waals surface area contributed by atoms with Crippen molar-refractivity contribution < 1.29 is 9.72 Å². The Kier molecular flexibility index (Phi) is 6.23. The van der Waals surface area contributed by atoms with Gasteiger partial charge in [-0.25, -0.2) is 15.4 Å². The Morgan fingerprint density at radius 3 is 2.06 bits per heavy atom. The minimum absolute atomic E-state index is 0.0533. The third-order valence-corrected chi connectivity index (χ3v) is 5.48. The molecule has 1 N–H and O–H groups in total. The Hall–Kier alpha value is -5.24. The average Bonchev–Trinajstić information content (AvgIpc) is 2.93. The molecular formula is C28H19N5O3. The molecule has 0 radical (unpaired) electrons. The van der Waals surface area contributed by atoms with E-state index in [-0.39, 0.29) is 5.69 Å². The van der Waals surface area contributed by atoms with Crippen LogP contribution in [0.15, 0.2) is 108 Å². The van der Waals surface area contributed by atoms with Crippen LogP contribution in [0.4, 0.5) is 5.69 Å². The monoisotopic (exact) mass is 473 g/mol. The van der Waals surface area contributed by atoms with E-state index in [1.54, 1.807) is 30.3 Å². The summed E-state index contributed by atoms with van der Waals surface area (Å²) in [6.07, 6.45) is 1.35. The first-order chi connectivity index (χ1) is 17.6. The maximum Gasteiger partial charge on any atom is 0.271 e. The van der Waals surface area contributed by atoms with Gasteiger partial charge in [0, 0.05) is 34.4 Å². The van der Waals surface area contributed by atoms with E-state index in [1.807, 2.05) is 60.7 Å². The van der Waals surface area contributed by atoms with Crippen molar-refractivity contribution in [2.24, 2.45) is 5.10 Å². The molecule has 0 aliphatic heterocycles. The van der Waals surface area contributed by atoms with E-state index >= 15 is 0 Å². The molecule has 0 aliphatic carbocycles. The second kappa shape index (κ2) is 9.94. The van der Waals surface area contributed by atoms with Gasteiger partial charge in [0.15, 0.2) is 0 Å². The maximum atomic E-state index is 12.7. The Labute approximate surface area is 206 Å². The molecule has 0 spiro atoms. The van der Waals surface area contributed by atoms with E-state index in [1.165, 1.54) is 18.3 Å². The number of nitrogens with one attached hydrogen (secondary N) is 1. The van der Waals surface area contributed by atoms with Gasteiger partial charge >= 0.3 is 0 Å². The summed E-state index contributed by atoms with van der Waals surface area (Å²) in [4.78, 5) is 32.9. The smallest absolute Gasteiger partial charge is 0.267 e. The maximum absolute atomic E-state index is 12.7.